The van der Waals surface area contributed by atoms with Crippen molar-refractivity contribution in [1.29, 1.82) is 0 Å². The van der Waals surface area contributed by atoms with Crippen LogP contribution in [-0.2, 0) is 35.2 Å². The number of hydrogen-bond donors (Lipinski definition) is 9. The molecule has 1 aliphatic heterocycles. The first kappa shape index (κ1) is 59.8. The van der Waals surface area contributed by atoms with Crippen molar-refractivity contribution in [3.63, 3.8) is 0 Å². The van der Waals surface area contributed by atoms with Crippen LogP contribution in [0.1, 0.15) is 157 Å². The Morgan fingerprint density at radius 1 is 0.675 bits per heavy atom. The number of rotatable bonds is 22. The summed E-state index contributed by atoms with van der Waals surface area (Å²) in [7, 11) is 3.37. The molecular weight excluding hydrogens is 977 g/mol. The number of fused-ring (bicyclic) bond motifs is 2. The minimum Gasteiger partial charge on any atom is -0.352 e. The van der Waals surface area contributed by atoms with Crippen molar-refractivity contribution in [3.05, 3.63) is 82.9 Å². The van der Waals surface area contributed by atoms with Gasteiger partial charge in [0.25, 0.3) is 11.8 Å². The summed E-state index contributed by atoms with van der Waals surface area (Å²) < 4.78 is 0. The molecule has 3 aromatic carbocycles. The third kappa shape index (κ3) is 15.6. The van der Waals surface area contributed by atoms with E-state index < -0.39 is 71.3 Å². The van der Waals surface area contributed by atoms with Gasteiger partial charge in [-0.3, -0.25) is 38.4 Å². The summed E-state index contributed by atoms with van der Waals surface area (Å²) in [6.07, 6.45) is 7.90. The monoisotopic (exact) mass is 1060 g/mol. The number of carbonyl (C=O) groups is 8. The zero-order valence-electron chi connectivity index (χ0n) is 47.0. The number of likely N-dealkylation sites (tertiary alicyclic amines) is 1. The number of likely N-dealkylation sites (N-methyl/N-ethyl adjacent to an activating group) is 2. The fourth-order valence-electron chi connectivity index (χ4n) is 10.7. The molecule has 2 aliphatic carbocycles. The minimum atomic E-state index is -0.990. The van der Waals surface area contributed by atoms with Crippen LogP contribution in [0.15, 0.2) is 60.7 Å². The van der Waals surface area contributed by atoms with Crippen molar-refractivity contribution in [2.24, 2.45) is 17.3 Å². The van der Waals surface area contributed by atoms with E-state index in [-0.39, 0.29) is 73.5 Å². The van der Waals surface area contributed by atoms with Crippen molar-refractivity contribution in [2.75, 3.05) is 27.2 Å². The largest absolute Gasteiger partial charge is 0.352 e. The Bertz CT molecular complexity index is 2590. The van der Waals surface area contributed by atoms with Crippen LogP contribution in [0.25, 0.3) is 10.8 Å². The highest BCUT2D eigenvalue weighted by Gasteiger charge is 2.46. The molecule has 1 saturated carbocycles. The standard InChI is InChI=1S/C59H86N10O8/c1-11-45(61-10)54(73)67-49(38-19-13-12-14-20-38)57(76)66-47(55(74)63-35(4)34(2)3)28-29-62-52(71)41-26-24-40-31-42(27-25-39(40)30-41)53(72)64-43-32-48(56(75)65-46-23-17-21-37-18-15-16-22-44(37)46)69(33-43)58(77)50(59(6,7)8)68-51(70)36(5)60-9/h15-16,18,22,24-27,30-31,34-36,38,43,45-50,60-61H,11-14,17,19-21,23,28-29,32-33H2,1-10H3,(H,62,71)(H,63,74)(H,64,72)(H,65,75)(H,66,76)(H,67,73)(H,68,70)/t35-,36+,43?,45+,46-,47-,48?,49+,50-/m1/s1. The van der Waals surface area contributed by atoms with E-state index >= 15 is 0 Å². The Morgan fingerprint density at radius 3 is 1.95 bits per heavy atom. The molecule has 3 aliphatic rings. The van der Waals surface area contributed by atoms with E-state index in [1.54, 1.807) is 57.4 Å². The Hall–Kier alpha value is -6.40. The number of hydrogen-bond acceptors (Lipinski definition) is 10. The summed E-state index contributed by atoms with van der Waals surface area (Å²) in [6, 6.07) is 12.5. The zero-order chi connectivity index (χ0) is 56.1. The first-order valence-electron chi connectivity index (χ1n) is 28.0. The lowest BCUT2D eigenvalue weighted by Crippen LogP contribution is -2.59. The van der Waals surface area contributed by atoms with Gasteiger partial charge in [0.15, 0.2) is 0 Å². The molecule has 77 heavy (non-hydrogen) atoms. The van der Waals surface area contributed by atoms with Crippen molar-refractivity contribution in [1.82, 2.24) is 52.8 Å². The molecule has 9 atom stereocenters. The van der Waals surface area contributed by atoms with Gasteiger partial charge in [0.1, 0.15) is 24.2 Å². The predicted octanol–water partition coefficient (Wildman–Crippen LogP) is 4.70. The molecule has 9 N–H and O–H groups in total. The van der Waals surface area contributed by atoms with Gasteiger partial charge in [-0.25, -0.2) is 0 Å². The maximum atomic E-state index is 14.6. The fraction of sp³-hybridized carbons (Fsp3) is 0.593. The minimum absolute atomic E-state index is 0.0461. The van der Waals surface area contributed by atoms with E-state index in [4.69, 9.17) is 0 Å². The second-order valence-electron chi connectivity index (χ2n) is 22.9. The van der Waals surface area contributed by atoms with Crippen LogP contribution in [0.5, 0.6) is 0 Å². The van der Waals surface area contributed by atoms with E-state index in [9.17, 15) is 38.4 Å². The molecule has 0 aromatic heterocycles. The second kappa shape index (κ2) is 27.3. The number of nitrogens with zero attached hydrogens (tertiary/aromatic N) is 1. The molecule has 2 fully saturated rings. The SMILES string of the molecule is CC[C@H](NC)C(=O)N[C@H](C(=O)N[C@H](CCNC(=O)c1ccc2cc(C(=O)NC3CC(C(=O)N[C@@H]4CCCc5ccccc54)N(C(=O)[C@@H](NC(=O)[C@H](C)NC)C(C)(C)C)C3)ccc2c1)C(=O)N[C@H](C)C(C)C)C1CCCCC1. The molecule has 1 heterocycles. The highest BCUT2D eigenvalue weighted by atomic mass is 16.2. The lowest BCUT2D eigenvalue weighted by atomic mass is 9.83. The second-order valence-corrected chi connectivity index (χ2v) is 22.9. The van der Waals surface area contributed by atoms with Gasteiger partial charge in [0.05, 0.1) is 18.1 Å². The molecule has 0 bridgehead atoms. The average molecular weight is 1060 g/mol. The van der Waals surface area contributed by atoms with Crippen molar-refractivity contribution >= 4 is 58.0 Å². The summed E-state index contributed by atoms with van der Waals surface area (Å²) in [4.78, 5) is 113. The molecule has 420 valence electrons. The van der Waals surface area contributed by atoms with Crippen molar-refractivity contribution in [3.8, 4) is 0 Å². The topological polar surface area (TPSA) is 248 Å². The van der Waals surface area contributed by atoms with Crippen LogP contribution in [0.2, 0.25) is 0 Å². The molecule has 3 aromatic rings. The van der Waals surface area contributed by atoms with Crippen LogP contribution in [0.3, 0.4) is 0 Å². The summed E-state index contributed by atoms with van der Waals surface area (Å²) in [6.45, 7) is 15.2. The molecule has 6 rings (SSSR count). The maximum absolute atomic E-state index is 14.6. The quantitative estimate of drug-likeness (QED) is 0.0672. The van der Waals surface area contributed by atoms with Gasteiger partial charge in [0, 0.05) is 36.3 Å². The lowest BCUT2D eigenvalue weighted by molar-refractivity contribution is -0.144. The number of aryl methyl sites for hydroxylation is 1. The van der Waals surface area contributed by atoms with E-state index in [0.717, 1.165) is 56.9 Å². The summed E-state index contributed by atoms with van der Waals surface area (Å²) in [5.41, 5.74) is 2.21. The van der Waals surface area contributed by atoms with Gasteiger partial charge in [0.2, 0.25) is 35.4 Å². The van der Waals surface area contributed by atoms with Gasteiger partial charge in [-0.05, 0) is 143 Å². The third-order valence-electron chi connectivity index (χ3n) is 16.0. The van der Waals surface area contributed by atoms with Crippen LogP contribution < -0.4 is 47.9 Å². The molecular formula is C59H86N10O8. The molecule has 0 radical (unpaired) electrons. The molecule has 0 spiro atoms. The Balaban J connectivity index is 1.13. The first-order valence-corrected chi connectivity index (χ1v) is 28.0. The zero-order valence-corrected chi connectivity index (χ0v) is 47.0. The number of nitrogens with one attached hydrogen (secondary N) is 9. The van der Waals surface area contributed by atoms with Crippen LogP contribution >= 0.6 is 0 Å². The van der Waals surface area contributed by atoms with Crippen LogP contribution in [0.4, 0.5) is 0 Å². The van der Waals surface area contributed by atoms with Gasteiger partial charge in [-0.15, -0.1) is 0 Å². The molecule has 18 nitrogen and oxygen atoms in total. The average Bonchev–Trinajstić information content (AvgIpc) is 3.85. The van der Waals surface area contributed by atoms with Gasteiger partial charge in [-0.2, -0.15) is 0 Å². The highest BCUT2D eigenvalue weighted by molar-refractivity contribution is 6.02. The predicted molar refractivity (Wildman–Crippen MR) is 298 cm³/mol. The molecule has 1 saturated heterocycles. The third-order valence-corrected chi connectivity index (χ3v) is 16.0. The van der Waals surface area contributed by atoms with Crippen molar-refractivity contribution < 1.29 is 38.4 Å². The van der Waals surface area contributed by atoms with E-state index in [1.165, 1.54) is 10.5 Å². The van der Waals surface area contributed by atoms with Gasteiger partial charge in [-0.1, -0.05) is 97.2 Å². The summed E-state index contributed by atoms with van der Waals surface area (Å²) in [5.74, 6) is -2.91. The Morgan fingerprint density at radius 2 is 1.32 bits per heavy atom. The first-order chi connectivity index (χ1) is 36.6. The van der Waals surface area contributed by atoms with Crippen LogP contribution in [0, 0.1) is 17.3 Å². The number of amides is 8. The fourth-order valence-corrected chi connectivity index (χ4v) is 10.7. The van der Waals surface area contributed by atoms with Crippen LogP contribution in [-0.4, -0.2) is 128 Å². The molecule has 2 unspecified atom stereocenters. The van der Waals surface area contributed by atoms with Gasteiger partial charge >= 0.3 is 0 Å². The molecule has 8 amide bonds. The summed E-state index contributed by atoms with van der Waals surface area (Å²) >= 11 is 0. The highest BCUT2D eigenvalue weighted by Crippen LogP contribution is 2.32. The van der Waals surface area contributed by atoms with E-state index in [0.29, 0.717) is 28.3 Å². The lowest BCUT2D eigenvalue weighted by Gasteiger charge is -2.36. The van der Waals surface area contributed by atoms with E-state index in [1.807, 2.05) is 66.7 Å². The maximum Gasteiger partial charge on any atom is 0.251 e. The van der Waals surface area contributed by atoms with Gasteiger partial charge < -0.3 is 52.8 Å². The molecule has 18 heteroatoms. The number of carbonyl (C=O) groups excluding carboxylic acids is 8. The summed E-state index contributed by atoms with van der Waals surface area (Å²) in [5, 5.41) is 28.4. The number of benzene rings is 3. The van der Waals surface area contributed by atoms with Crippen molar-refractivity contribution in [2.45, 2.75) is 180 Å². The normalized spacial score (nSPS) is 20.1. The Kier molecular flexibility index (Phi) is 21.2. The van der Waals surface area contributed by atoms with E-state index in [2.05, 4.69) is 53.9 Å². The smallest absolute Gasteiger partial charge is 0.251 e. The Labute approximate surface area is 455 Å².